The van der Waals surface area contributed by atoms with Gasteiger partial charge in [0.1, 0.15) is 4.88 Å². The SMILES string of the molecule is CC(C)(C)c1nc(CC2CC2)sc1C(=O)O. The molecule has 1 aliphatic rings. The second kappa shape index (κ2) is 3.84. The molecule has 16 heavy (non-hydrogen) atoms. The quantitative estimate of drug-likeness (QED) is 0.881. The highest BCUT2D eigenvalue weighted by Crippen LogP contribution is 2.36. The maximum absolute atomic E-state index is 11.2. The molecule has 0 unspecified atom stereocenters. The van der Waals surface area contributed by atoms with Gasteiger partial charge in [-0.15, -0.1) is 11.3 Å². The van der Waals surface area contributed by atoms with Crippen LogP contribution in [0.15, 0.2) is 0 Å². The first-order valence-electron chi connectivity index (χ1n) is 5.61. The lowest BCUT2D eigenvalue weighted by Gasteiger charge is -2.16. The zero-order chi connectivity index (χ0) is 11.9. The van der Waals surface area contributed by atoms with Crippen LogP contribution in [-0.2, 0) is 11.8 Å². The van der Waals surface area contributed by atoms with Crippen molar-refractivity contribution in [1.29, 1.82) is 0 Å². The second-order valence-electron chi connectivity index (χ2n) is 5.49. The molecule has 0 spiro atoms. The minimum absolute atomic E-state index is 0.188. The van der Waals surface area contributed by atoms with E-state index in [1.165, 1.54) is 24.2 Å². The van der Waals surface area contributed by atoms with Gasteiger partial charge in [0, 0.05) is 11.8 Å². The number of aromatic nitrogens is 1. The number of hydrogen-bond donors (Lipinski definition) is 1. The van der Waals surface area contributed by atoms with Crippen LogP contribution < -0.4 is 0 Å². The average Bonchev–Trinajstić information content (AvgIpc) is 2.79. The topological polar surface area (TPSA) is 50.2 Å². The molecule has 0 saturated heterocycles. The summed E-state index contributed by atoms with van der Waals surface area (Å²) >= 11 is 1.35. The van der Waals surface area contributed by atoms with Crippen molar-refractivity contribution >= 4 is 17.3 Å². The highest BCUT2D eigenvalue weighted by molar-refractivity contribution is 7.13. The van der Waals surface area contributed by atoms with Crippen LogP contribution in [0, 0.1) is 5.92 Å². The number of hydrogen-bond acceptors (Lipinski definition) is 3. The smallest absolute Gasteiger partial charge is 0.347 e. The van der Waals surface area contributed by atoms with Crippen molar-refractivity contribution < 1.29 is 9.90 Å². The molecule has 0 aromatic carbocycles. The molecule has 88 valence electrons. The van der Waals surface area contributed by atoms with Crippen molar-refractivity contribution in [3.8, 4) is 0 Å². The van der Waals surface area contributed by atoms with Crippen LogP contribution in [0.3, 0.4) is 0 Å². The average molecular weight is 239 g/mol. The summed E-state index contributed by atoms with van der Waals surface area (Å²) in [4.78, 5) is 16.1. The molecule has 0 radical (unpaired) electrons. The summed E-state index contributed by atoms with van der Waals surface area (Å²) in [5.74, 6) is -0.0925. The normalized spacial score (nSPS) is 16.4. The summed E-state index contributed by atoms with van der Waals surface area (Å²) < 4.78 is 0. The van der Waals surface area contributed by atoms with Crippen molar-refractivity contribution in [2.75, 3.05) is 0 Å². The molecule has 1 aromatic rings. The van der Waals surface area contributed by atoms with E-state index in [-0.39, 0.29) is 5.41 Å². The molecule has 0 bridgehead atoms. The molecule has 0 aliphatic heterocycles. The first-order chi connectivity index (χ1) is 7.38. The lowest BCUT2D eigenvalue weighted by Crippen LogP contribution is -2.16. The van der Waals surface area contributed by atoms with E-state index in [1.54, 1.807) is 0 Å². The Morgan fingerprint density at radius 3 is 2.50 bits per heavy atom. The standard InChI is InChI=1S/C12H17NO2S/c1-12(2,3)10-9(11(14)15)16-8(13-10)6-7-4-5-7/h7H,4-6H2,1-3H3,(H,14,15). The number of thiazole rings is 1. The summed E-state index contributed by atoms with van der Waals surface area (Å²) in [6.07, 6.45) is 3.50. The van der Waals surface area contributed by atoms with Crippen LogP contribution in [0.2, 0.25) is 0 Å². The minimum atomic E-state index is -0.843. The lowest BCUT2D eigenvalue weighted by atomic mass is 9.91. The monoisotopic (exact) mass is 239 g/mol. The Balaban J connectivity index is 2.32. The number of carbonyl (C=O) groups is 1. The van der Waals surface area contributed by atoms with E-state index in [0.717, 1.165) is 23.0 Å². The van der Waals surface area contributed by atoms with Gasteiger partial charge >= 0.3 is 5.97 Å². The summed E-state index contributed by atoms with van der Waals surface area (Å²) in [5.41, 5.74) is 0.548. The van der Waals surface area contributed by atoms with Crippen molar-refractivity contribution in [3.63, 3.8) is 0 Å². The summed E-state index contributed by atoms with van der Waals surface area (Å²) in [7, 11) is 0. The maximum Gasteiger partial charge on any atom is 0.347 e. The Kier molecular flexibility index (Phi) is 2.78. The molecule has 1 fully saturated rings. The lowest BCUT2D eigenvalue weighted by molar-refractivity contribution is 0.0699. The Labute approximate surface area is 99.5 Å². The van der Waals surface area contributed by atoms with Gasteiger partial charge < -0.3 is 5.11 Å². The fourth-order valence-electron chi connectivity index (χ4n) is 1.67. The molecular formula is C12H17NO2S. The molecule has 0 amide bonds. The molecule has 1 aromatic heterocycles. The third-order valence-electron chi connectivity index (χ3n) is 2.74. The van der Waals surface area contributed by atoms with E-state index in [0.29, 0.717) is 4.88 Å². The minimum Gasteiger partial charge on any atom is -0.477 e. The number of rotatable bonds is 3. The summed E-state index contributed by atoms with van der Waals surface area (Å²) in [6, 6.07) is 0. The highest BCUT2D eigenvalue weighted by atomic mass is 32.1. The van der Waals surface area contributed by atoms with Gasteiger partial charge in [0.15, 0.2) is 0 Å². The fraction of sp³-hybridized carbons (Fsp3) is 0.667. The van der Waals surface area contributed by atoms with Gasteiger partial charge in [0.25, 0.3) is 0 Å². The van der Waals surface area contributed by atoms with E-state index in [4.69, 9.17) is 5.11 Å². The third kappa shape index (κ3) is 2.43. The van der Waals surface area contributed by atoms with Gasteiger partial charge in [-0.25, -0.2) is 9.78 Å². The zero-order valence-corrected chi connectivity index (χ0v) is 10.7. The van der Waals surface area contributed by atoms with Gasteiger partial charge in [-0.1, -0.05) is 20.8 Å². The van der Waals surface area contributed by atoms with Crippen LogP contribution in [0.4, 0.5) is 0 Å². The van der Waals surface area contributed by atoms with Crippen LogP contribution in [0.1, 0.15) is 54.0 Å². The fourth-order valence-corrected chi connectivity index (χ4v) is 2.90. The molecular weight excluding hydrogens is 222 g/mol. The Morgan fingerprint density at radius 2 is 2.12 bits per heavy atom. The first kappa shape index (κ1) is 11.6. The molecule has 1 aliphatic carbocycles. The van der Waals surface area contributed by atoms with Gasteiger partial charge in [-0.2, -0.15) is 0 Å². The van der Waals surface area contributed by atoms with Crippen molar-refractivity contribution in [1.82, 2.24) is 4.98 Å². The highest BCUT2D eigenvalue weighted by Gasteiger charge is 2.29. The number of nitrogens with zero attached hydrogens (tertiary/aromatic N) is 1. The molecule has 1 heterocycles. The van der Waals surface area contributed by atoms with Crippen molar-refractivity contribution in [2.45, 2.75) is 45.4 Å². The third-order valence-corrected chi connectivity index (χ3v) is 3.80. The second-order valence-corrected chi connectivity index (χ2v) is 6.57. The molecule has 0 atom stereocenters. The predicted octanol–water partition coefficient (Wildman–Crippen LogP) is 3.09. The summed E-state index contributed by atoms with van der Waals surface area (Å²) in [5, 5.41) is 10.2. The Hall–Kier alpha value is -0.900. The number of carboxylic acid groups (broad SMARTS) is 1. The van der Waals surface area contributed by atoms with E-state index in [1.807, 2.05) is 20.8 Å². The van der Waals surface area contributed by atoms with E-state index in [9.17, 15) is 4.79 Å². The Bertz CT molecular complexity index is 413. The molecule has 4 heteroatoms. The van der Waals surface area contributed by atoms with Crippen LogP contribution in [-0.4, -0.2) is 16.1 Å². The first-order valence-corrected chi connectivity index (χ1v) is 6.43. The zero-order valence-electron chi connectivity index (χ0n) is 9.91. The van der Waals surface area contributed by atoms with E-state index < -0.39 is 5.97 Å². The number of aromatic carboxylic acids is 1. The predicted molar refractivity (Wildman–Crippen MR) is 64.2 cm³/mol. The maximum atomic E-state index is 11.2. The van der Waals surface area contributed by atoms with Gasteiger partial charge in [-0.05, 0) is 18.8 Å². The van der Waals surface area contributed by atoms with Crippen molar-refractivity contribution in [2.24, 2.45) is 5.92 Å². The van der Waals surface area contributed by atoms with Gasteiger partial charge in [0.05, 0.1) is 10.7 Å². The molecule has 2 rings (SSSR count). The molecule has 1 saturated carbocycles. The van der Waals surface area contributed by atoms with Crippen molar-refractivity contribution in [3.05, 3.63) is 15.6 Å². The molecule has 1 N–H and O–H groups in total. The van der Waals surface area contributed by atoms with Crippen LogP contribution in [0.5, 0.6) is 0 Å². The van der Waals surface area contributed by atoms with E-state index in [2.05, 4.69) is 4.98 Å². The largest absolute Gasteiger partial charge is 0.477 e. The number of carboxylic acids is 1. The Morgan fingerprint density at radius 1 is 1.50 bits per heavy atom. The summed E-state index contributed by atoms with van der Waals surface area (Å²) in [6.45, 7) is 6.03. The van der Waals surface area contributed by atoms with Gasteiger partial charge in [0.2, 0.25) is 0 Å². The van der Waals surface area contributed by atoms with E-state index >= 15 is 0 Å². The van der Waals surface area contributed by atoms with Crippen LogP contribution in [0.25, 0.3) is 0 Å². The van der Waals surface area contributed by atoms with Crippen LogP contribution >= 0.6 is 11.3 Å². The van der Waals surface area contributed by atoms with Gasteiger partial charge in [-0.3, -0.25) is 0 Å². The molecule has 3 nitrogen and oxygen atoms in total.